The molecule has 1 fully saturated rings. The maximum atomic E-state index is 12.4. The lowest BCUT2D eigenvalue weighted by molar-refractivity contribution is -0.138. The van der Waals surface area contributed by atoms with E-state index in [2.05, 4.69) is 5.32 Å². The average Bonchev–Trinajstić information content (AvgIpc) is 2.65. The number of nitrogens with one attached hydrogen (secondary N) is 1. The van der Waals surface area contributed by atoms with E-state index in [1.807, 2.05) is 30.9 Å². The number of rotatable bonds is 6. The van der Waals surface area contributed by atoms with E-state index in [1.54, 1.807) is 20.3 Å². The highest BCUT2D eigenvalue weighted by molar-refractivity contribution is 5.80. The predicted molar refractivity (Wildman–Crippen MR) is 95.5 cm³/mol. The summed E-state index contributed by atoms with van der Waals surface area (Å²) in [5.74, 6) is 1.58. The van der Waals surface area contributed by atoms with Crippen LogP contribution in [0.25, 0.3) is 0 Å². The van der Waals surface area contributed by atoms with E-state index < -0.39 is 0 Å². The van der Waals surface area contributed by atoms with Crippen LogP contribution < -0.4 is 14.8 Å². The van der Waals surface area contributed by atoms with Crippen LogP contribution in [0.4, 0.5) is 0 Å². The van der Waals surface area contributed by atoms with Gasteiger partial charge in [-0.25, -0.2) is 0 Å². The summed E-state index contributed by atoms with van der Waals surface area (Å²) in [6, 6.07) is 5.54. The number of hydrogen-bond donors (Lipinski definition) is 1. The lowest BCUT2D eigenvalue weighted by atomic mass is 9.95. The van der Waals surface area contributed by atoms with Crippen LogP contribution in [0.15, 0.2) is 18.2 Å². The van der Waals surface area contributed by atoms with Crippen molar-refractivity contribution in [3.05, 3.63) is 23.8 Å². The van der Waals surface area contributed by atoms with Gasteiger partial charge in [-0.05, 0) is 25.0 Å². The molecule has 6 nitrogen and oxygen atoms in total. The Kier molecular flexibility index (Phi) is 6.67. The summed E-state index contributed by atoms with van der Waals surface area (Å²) in [7, 11) is 3.20. The second-order valence-corrected chi connectivity index (χ2v) is 6.65. The molecule has 1 aromatic carbocycles. The zero-order valence-electron chi connectivity index (χ0n) is 15.5. The smallest absolute Gasteiger partial charge is 0.225 e. The number of ether oxygens (including phenoxy) is 2. The van der Waals surface area contributed by atoms with Crippen LogP contribution in [0.2, 0.25) is 0 Å². The van der Waals surface area contributed by atoms with Crippen molar-refractivity contribution in [1.29, 1.82) is 0 Å². The van der Waals surface area contributed by atoms with Crippen LogP contribution in [-0.2, 0) is 16.1 Å². The van der Waals surface area contributed by atoms with Gasteiger partial charge in [0.15, 0.2) is 0 Å². The second kappa shape index (κ2) is 8.74. The molecule has 2 rings (SSSR count). The molecule has 138 valence electrons. The maximum Gasteiger partial charge on any atom is 0.225 e. The van der Waals surface area contributed by atoms with Crippen molar-refractivity contribution in [3.63, 3.8) is 0 Å². The van der Waals surface area contributed by atoms with Crippen molar-refractivity contribution in [2.24, 2.45) is 11.8 Å². The van der Waals surface area contributed by atoms with E-state index in [9.17, 15) is 9.59 Å². The first-order valence-corrected chi connectivity index (χ1v) is 8.73. The van der Waals surface area contributed by atoms with E-state index >= 15 is 0 Å². The lowest BCUT2D eigenvalue weighted by Gasteiger charge is -2.32. The molecule has 0 unspecified atom stereocenters. The Morgan fingerprint density at radius 2 is 1.88 bits per heavy atom. The first-order chi connectivity index (χ1) is 12.0. The average molecular weight is 348 g/mol. The third-order valence-electron chi connectivity index (χ3n) is 4.62. The monoisotopic (exact) mass is 348 g/mol. The molecule has 1 N–H and O–H groups in total. The molecule has 0 spiro atoms. The van der Waals surface area contributed by atoms with Gasteiger partial charge in [0.1, 0.15) is 11.5 Å². The summed E-state index contributed by atoms with van der Waals surface area (Å²) in [6.07, 6.45) is 1.42. The third kappa shape index (κ3) is 4.87. The van der Waals surface area contributed by atoms with Gasteiger partial charge in [-0.2, -0.15) is 0 Å². The normalized spacial score (nSPS) is 15.2. The minimum atomic E-state index is -0.0412. The summed E-state index contributed by atoms with van der Waals surface area (Å²) in [4.78, 5) is 26.3. The molecule has 2 amide bonds. The SMILES string of the molecule is COc1ccc(CNC(=O)C2CCN(C(=O)C(C)C)CC2)c(OC)c1. The number of hydrogen-bond acceptors (Lipinski definition) is 4. The number of carbonyl (C=O) groups excluding carboxylic acids is 2. The highest BCUT2D eigenvalue weighted by Gasteiger charge is 2.28. The fourth-order valence-electron chi connectivity index (χ4n) is 3.05. The number of benzene rings is 1. The first kappa shape index (κ1) is 19.1. The highest BCUT2D eigenvalue weighted by Crippen LogP contribution is 2.25. The lowest BCUT2D eigenvalue weighted by Crippen LogP contribution is -2.44. The van der Waals surface area contributed by atoms with Crippen molar-refractivity contribution in [2.75, 3.05) is 27.3 Å². The number of nitrogens with zero attached hydrogens (tertiary/aromatic N) is 1. The Bertz CT molecular complexity index is 607. The number of amides is 2. The molecule has 0 bridgehead atoms. The molecule has 1 saturated heterocycles. The Balaban J connectivity index is 1.86. The Morgan fingerprint density at radius 3 is 2.44 bits per heavy atom. The molecule has 0 radical (unpaired) electrons. The number of carbonyl (C=O) groups is 2. The van der Waals surface area contributed by atoms with E-state index in [-0.39, 0.29) is 23.7 Å². The molecule has 1 aliphatic heterocycles. The van der Waals surface area contributed by atoms with Gasteiger partial charge in [-0.1, -0.05) is 13.8 Å². The van der Waals surface area contributed by atoms with Gasteiger partial charge in [0.05, 0.1) is 14.2 Å². The Labute approximate surface area is 149 Å². The van der Waals surface area contributed by atoms with Gasteiger partial charge in [-0.3, -0.25) is 9.59 Å². The molecular formula is C19H28N2O4. The topological polar surface area (TPSA) is 67.9 Å². The van der Waals surface area contributed by atoms with Gasteiger partial charge in [-0.15, -0.1) is 0 Å². The highest BCUT2D eigenvalue weighted by atomic mass is 16.5. The van der Waals surface area contributed by atoms with Gasteiger partial charge in [0.2, 0.25) is 11.8 Å². The molecule has 0 atom stereocenters. The third-order valence-corrected chi connectivity index (χ3v) is 4.62. The van der Waals surface area contributed by atoms with Crippen molar-refractivity contribution in [1.82, 2.24) is 10.2 Å². The standard InChI is InChI=1S/C19H28N2O4/c1-13(2)19(23)21-9-7-14(8-10-21)18(22)20-12-15-5-6-16(24-3)11-17(15)25-4/h5-6,11,13-14H,7-10,12H2,1-4H3,(H,20,22). The minimum absolute atomic E-state index is 0.00733. The molecule has 1 heterocycles. The zero-order valence-corrected chi connectivity index (χ0v) is 15.5. The Hall–Kier alpha value is -2.24. The van der Waals surface area contributed by atoms with Crippen molar-refractivity contribution in [3.8, 4) is 11.5 Å². The summed E-state index contributed by atoms with van der Waals surface area (Å²) >= 11 is 0. The number of likely N-dealkylation sites (tertiary alicyclic amines) is 1. The minimum Gasteiger partial charge on any atom is -0.497 e. The quantitative estimate of drug-likeness (QED) is 0.856. The summed E-state index contributed by atoms with van der Waals surface area (Å²) in [6.45, 7) is 5.53. The van der Waals surface area contributed by atoms with Gasteiger partial charge in [0.25, 0.3) is 0 Å². The first-order valence-electron chi connectivity index (χ1n) is 8.73. The van der Waals surface area contributed by atoms with Crippen LogP contribution in [0.1, 0.15) is 32.3 Å². The van der Waals surface area contributed by atoms with Gasteiger partial charge in [0, 0.05) is 43.1 Å². The molecule has 1 aliphatic rings. The van der Waals surface area contributed by atoms with Crippen molar-refractivity contribution in [2.45, 2.75) is 33.2 Å². The molecule has 0 aliphatic carbocycles. The van der Waals surface area contributed by atoms with Crippen LogP contribution in [0.5, 0.6) is 11.5 Å². The fraction of sp³-hybridized carbons (Fsp3) is 0.579. The molecule has 25 heavy (non-hydrogen) atoms. The van der Waals surface area contributed by atoms with Crippen molar-refractivity contribution < 1.29 is 19.1 Å². The van der Waals surface area contributed by atoms with Crippen molar-refractivity contribution >= 4 is 11.8 Å². The Morgan fingerprint density at radius 1 is 1.20 bits per heavy atom. The maximum absolute atomic E-state index is 12.4. The fourth-order valence-corrected chi connectivity index (χ4v) is 3.05. The number of methoxy groups -OCH3 is 2. The van der Waals surface area contributed by atoms with Crippen LogP contribution >= 0.6 is 0 Å². The summed E-state index contributed by atoms with van der Waals surface area (Å²) in [5, 5.41) is 2.98. The van der Waals surface area contributed by atoms with E-state index in [1.165, 1.54) is 0 Å². The molecular weight excluding hydrogens is 320 g/mol. The van der Waals surface area contributed by atoms with E-state index in [0.29, 0.717) is 44.0 Å². The van der Waals surface area contributed by atoms with Crippen LogP contribution in [0.3, 0.4) is 0 Å². The molecule has 0 aromatic heterocycles. The molecule has 6 heteroatoms. The van der Waals surface area contributed by atoms with Gasteiger partial charge >= 0.3 is 0 Å². The van der Waals surface area contributed by atoms with Gasteiger partial charge < -0.3 is 19.7 Å². The van der Waals surface area contributed by atoms with E-state index in [4.69, 9.17) is 9.47 Å². The number of piperidine rings is 1. The largest absolute Gasteiger partial charge is 0.497 e. The molecule has 0 saturated carbocycles. The van der Waals surface area contributed by atoms with Crippen LogP contribution in [-0.4, -0.2) is 44.0 Å². The molecule has 1 aromatic rings. The second-order valence-electron chi connectivity index (χ2n) is 6.65. The summed E-state index contributed by atoms with van der Waals surface area (Å²) in [5.41, 5.74) is 0.907. The summed E-state index contributed by atoms with van der Waals surface area (Å²) < 4.78 is 10.5. The van der Waals surface area contributed by atoms with E-state index in [0.717, 1.165) is 5.56 Å². The zero-order chi connectivity index (χ0) is 18.4. The predicted octanol–water partition coefficient (Wildman–Crippen LogP) is 2.21. The van der Waals surface area contributed by atoms with Crippen LogP contribution in [0, 0.1) is 11.8 Å².